The second-order valence-corrected chi connectivity index (χ2v) is 13.5. The molecule has 4 N–H and O–H groups in total. The van der Waals surface area contributed by atoms with Crippen LogP contribution >= 0.6 is 0 Å². The van der Waals surface area contributed by atoms with E-state index in [1.54, 1.807) is 0 Å². The van der Waals surface area contributed by atoms with Gasteiger partial charge in [0.15, 0.2) is 0 Å². The number of carbonyl (C=O) groups is 1. The monoisotopic (exact) mass is 598 g/mol. The summed E-state index contributed by atoms with van der Waals surface area (Å²) in [5.41, 5.74) is 0. The Kier molecular flexibility index (Phi) is 20.3. The first kappa shape index (κ1) is 37.5. The van der Waals surface area contributed by atoms with Gasteiger partial charge in [0.2, 0.25) is 0 Å². The predicted octanol–water partition coefficient (Wildman–Crippen LogP) is 7.14. The van der Waals surface area contributed by atoms with Crippen LogP contribution in [0, 0.1) is 5.92 Å². The average Bonchev–Trinajstić information content (AvgIpc) is 3.58. The Morgan fingerprint density at radius 1 is 0.643 bits per heavy atom. The standard InChI is InChI=1S/C35H66O7/c1-3-4-5-6-7-8-9-10-11-15-21-31(38)33-23-24-34(42-33)32(39)22-17-16-19-29(36)18-13-12-14-20-30(37)26-28-25-27(2)41-35(28)40/h27-34,36-39H,3-26H2,1-2H3/t27-,28?,29-,30+,31-,32-,33-,34-/m0/s1. The van der Waals surface area contributed by atoms with Crippen molar-refractivity contribution in [2.75, 3.05) is 0 Å². The third kappa shape index (κ3) is 16.4. The molecule has 2 heterocycles. The second kappa shape index (κ2) is 22.7. The van der Waals surface area contributed by atoms with Crippen LogP contribution in [0.3, 0.4) is 0 Å². The van der Waals surface area contributed by atoms with E-state index >= 15 is 0 Å². The minimum Gasteiger partial charge on any atom is -0.462 e. The molecule has 0 aromatic rings. The van der Waals surface area contributed by atoms with E-state index < -0.39 is 18.3 Å². The highest BCUT2D eigenvalue weighted by molar-refractivity contribution is 5.74. The molecule has 2 rings (SSSR count). The fraction of sp³-hybridized carbons (Fsp3) is 0.971. The van der Waals surface area contributed by atoms with Crippen LogP contribution in [0.15, 0.2) is 0 Å². The third-order valence-electron chi connectivity index (χ3n) is 9.48. The lowest BCUT2D eigenvalue weighted by Gasteiger charge is -2.22. The van der Waals surface area contributed by atoms with Crippen LogP contribution in [0.2, 0.25) is 0 Å². The van der Waals surface area contributed by atoms with Crippen LogP contribution in [0.5, 0.6) is 0 Å². The number of aliphatic hydroxyl groups is 4. The first-order valence-electron chi connectivity index (χ1n) is 17.9. The number of cyclic esters (lactones) is 1. The van der Waals surface area contributed by atoms with Gasteiger partial charge in [-0.1, -0.05) is 103 Å². The summed E-state index contributed by atoms with van der Waals surface area (Å²) >= 11 is 0. The zero-order valence-corrected chi connectivity index (χ0v) is 27.1. The molecule has 7 heteroatoms. The van der Waals surface area contributed by atoms with Crippen molar-refractivity contribution in [2.45, 2.75) is 211 Å². The molecule has 8 atom stereocenters. The molecule has 0 saturated carbocycles. The third-order valence-corrected chi connectivity index (χ3v) is 9.48. The predicted molar refractivity (Wildman–Crippen MR) is 168 cm³/mol. The zero-order valence-electron chi connectivity index (χ0n) is 27.1. The van der Waals surface area contributed by atoms with Crippen molar-refractivity contribution in [1.82, 2.24) is 0 Å². The minimum absolute atomic E-state index is 0.0363. The van der Waals surface area contributed by atoms with E-state index in [0.717, 1.165) is 70.6 Å². The van der Waals surface area contributed by atoms with Gasteiger partial charge in [-0.05, 0) is 64.7 Å². The Hall–Kier alpha value is -0.730. The summed E-state index contributed by atoms with van der Waals surface area (Å²) in [7, 11) is 0. The van der Waals surface area contributed by atoms with E-state index in [1.165, 1.54) is 57.8 Å². The molecule has 0 spiro atoms. The van der Waals surface area contributed by atoms with Gasteiger partial charge >= 0.3 is 5.97 Å². The molecule has 2 aliphatic heterocycles. The first-order chi connectivity index (χ1) is 20.3. The van der Waals surface area contributed by atoms with E-state index in [9.17, 15) is 25.2 Å². The van der Waals surface area contributed by atoms with Gasteiger partial charge in [-0.3, -0.25) is 4.79 Å². The number of ether oxygens (including phenoxy) is 2. The van der Waals surface area contributed by atoms with Crippen LogP contribution < -0.4 is 0 Å². The van der Waals surface area contributed by atoms with E-state index in [2.05, 4.69) is 6.92 Å². The summed E-state index contributed by atoms with van der Waals surface area (Å²) < 4.78 is 11.2. The second-order valence-electron chi connectivity index (χ2n) is 13.5. The SMILES string of the molecule is CCCCCCCCCCCC[C@H](O)[C@@H]1CC[C@@H]([C@@H](O)CCCC[C@@H](O)CCCCC[C@@H](O)CC2C[C@H](C)OC2=O)O1. The van der Waals surface area contributed by atoms with Gasteiger partial charge in [-0.25, -0.2) is 0 Å². The van der Waals surface area contributed by atoms with Crippen LogP contribution in [0.25, 0.3) is 0 Å². The lowest BCUT2D eigenvalue weighted by atomic mass is 9.95. The van der Waals surface area contributed by atoms with Crippen molar-refractivity contribution >= 4 is 5.97 Å². The number of rotatable bonds is 26. The van der Waals surface area contributed by atoms with Crippen molar-refractivity contribution in [2.24, 2.45) is 5.92 Å². The maximum atomic E-state index is 11.7. The molecular weight excluding hydrogens is 532 g/mol. The Morgan fingerprint density at radius 3 is 1.60 bits per heavy atom. The lowest BCUT2D eigenvalue weighted by molar-refractivity contribution is -0.144. The topological polar surface area (TPSA) is 116 Å². The number of esters is 1. The summed E-state index contributed by atoms with van der Waals surface area (Å²) in [5.74, 6) is -0.339. The fourth-order valence-corrected chi connectivity index (χ4v) is 6.76. The molecule has 7 nitrogen and oxygen atoms in total. The average molecular weight is 599 g/mol. The molecule has 248 valence electrons. The van der Waals surface area contributed by atoms with Gasteiger partial charge in [-0.2, -0.15) is 0 Å². The molecule has 0 aromatic heterocycles. The van der Waals surface area contributed by atoms with Gasteiger partial charge in [0, 0.05) is 0 Å². The lowest BCUT2D eigenvalue weighted by Crippen LogP contribution is -2.31. The number of hydrogen-bond donors (Lipinski definition) is 4. The van der Waals surface area contributed by atoms with Gasteiger partial charge < -0.3 is 29.9 Å². The van der Waals surface area contributed by atoms with Gasteiger partial charge in [-0.15, -0.1) is 0 Å². The summed E-state index contributed by atoms with van der Waals surface area (Å²) in [4.78, 5) is 11.7. The molecule has 0 aromatic carbocycles. The van der Waals surface area contributed by atoms with E-state index in [4.69, 9.17) is 9.47 Å². The highest BCUT2D eigenvalue weighted by Crippen LogP contribution is 2.29. The maximum absolute atomic E-state index is 11.7. The van der Waals surface area contributed by atoms with Crippen molar-refractivity contribution < 1.29 is 34.7 Å². The molecular formula is C35H66O7. The molecule has 1 unspecified atom stereocenters. The highest BCUT2D eigenvalue weighted by atomic mass is 16.6. The minimum atomic E-state index is -0.502. The molecule has 0 bridgehead atoms. The molecule has 2 fully saturated rings. The fourth-order valence-electron chi connectivity index (χ4n) is 6.76. The number of aliphatic hydroxyl groups excluding tert-OH is 4. The summed E-state index contributed by atoms with van der Waals surface area (Å²) in [6.07, 6.45) is 21.8. The highest BCUT2D eigenvalue weighted by Gasteiger charge is 2.34. The number of carbonyl (C=O) groups excluding carboxylic acids is 1. The summed E-state index contributed by atoms with van der Waals surface area (Å²) in [6, 6.07) is 0. The first-order valence-corrected chi connectivity index (χ1v) is 17.9. The van der Waals surface area contributed by atoms with Crippen LogP contribution in [0.4, 0.5) is 0 Å². The van der Waals surface area contributed by atoms with E-state index in [0.29, 0.717) is 25.7 Å². The molecule has 2 aliphatic rings. The Bertz CT molecular complexity index is 674. The molecule has 0 aliphatic carbocycles. The van der Waals surface area contributed by atoms with Crippen molar-refractivity contribution in [3.05, 3.63) is 0 Å². The Balaban J connectivity index is 1.40. The summed E-state index contributed by atoms with van der Waals surface area (Å²) in [5, 5.41) is 41.8. The Labute approximate surface area is 257 Å². The Morgan fingerprint density at radius 2 is 1.07 bits per heavy atom. The van der Waals surface area contributed by atoms with Crippen LogP contribution in [-0.2, 0) is 14.3 Å². The van der Waals surface area contributed by atoms with Gasteiger partial charge in [0.05, 0.1) is 48.6 Å². The normalized spacial score (nSPS) is 25.4. The van der Waals surface area contributed by atoms with Crippen LogP contribution in [0.1, 0.15) is 168 Å². The smallest absolute Gasteiger partial charge is 0.309 e. The maximum Gasteiger partial charge on any atom is 0.309 e. The van der Waals surface area contributed by atoms with E-state index in [1.807, 2.05) is 6.92 Å². The van der Waals surface area contributed by atoms with Crippen LogP contribution in [-0.4, -0.2) is 69.1 Å². The number of hydrogen-bond acceptors (Lipinski definition) is 7. The van der Waals surface area contributed by atoms with Crippen molar-refractivity contribution in [3.8, 4) is 0 Å². The van der Waals surface area contributed by atoms with Crippen molar-refractivity contribution in [3.63, 3.8) is 0 Å². The van der Waals surface area contributed by atoms with E-state index in [-0.39, 0.29) is 36.3 Å². The molecule has 42 heavy (non-hydrogen) atoms. The van der Waals surface area contributed by atoms with Gasteiger partial charge in [0.1, 0.15) is 0 Å². The zero-order chi connectivity index (χ0) is 30.6. The molecule has 0 amide bonds. The van der Waals surface area contributed by atoms with Crippen molar-refractivity contribution in [1.29, 1.82) is 0 Å². The molecule has 0 radical (unpaired) electrons. The van der Waals surface area contributed by atoms with Gasteiger partial charge in [0.25, 0.3) is 0 Å². The summed E-state index contributed by atoms with van der Waals surface area (Å²) in [6.45, 7) is 4.15. The number of unbranched alkanes of at least 4 members (excludes halogenated alkanes) is 12. The largest absolute Gasteiger partial charge is 0.462 e. The quantitative estimate of drug-likeness (QED) is 0.0618. The molecule has 2 saturated heterocycles.